The normalized spacial score (nSPS) is 20.0. The zero-order valence-electron chi connectivity index (χ0n) is 16.5. The molecular weight excluding hydrogens is 392 g/mol. The highest BCUT2D eigenvalue weighted by Gasteiger charge is 2.46. The molecule has 2 atom stereocenters. The number of carbonyl (C=O) groups excluding carboxylic acids is 5. The van der Waals surface area contributed by atoms with Crippen LogP contribution in [-0.4, -0.2) is 54.8 Å². The third-order valence-electron chi connectivity index (χ3n) is 5.09. The summed E-state index contributed by atoms with van der Waals surface area (Å²) in [6.07, 6.45) is 4.69. The second-order valence-electron chi connectivity index (χ2n) is 7.01. The fourth-order valence-electron chi connectivity index (χ4n) is 3.52. The third kappa shape index (κ3) is 4.73. The molecule has 9 heteroatoms. The molecule has 0 aromatic heterocycles. The van der Waals surface area contributed by atoms with Crippen LogP contribution in [0.5, 0.6) is 0 Å². The van der Waals surface area contributed by atoms with Gasteiger partial charge in [0.15, 0.2) is 6.61 Å². The lowest BCUT2D eigenvalue weighted by Gasteiger charge is -2.14. The first-order chi connectivity index (χ1) is 14.4. The van der Waals surface area contributed by atoms with Crippen LogP contribution < -0.4 is 5.32 Å². The summed E-state index contributed by atoms with van der Waals surface area (Å²) in [5.74, 6) is -2.91. The SMILES string of the molecule is COC(=O)c1ccc(NC(=O)COC(=O)CCN2C(=O)[C@@H]3CC=CC[C@H]3C2=O)cc1. The molecule has 1 aliphatic heterocycles. The summed E-state index contributed by atoms with van der Waals surface area (Å²) in [6.45, 7) is -0.561. The van der Waals surface area contributed by atoms with Gasteiger partial charge in [0.05, 0.1) is 30.9 Å². The minimum absolute atomic E-state index is 0.0554. The number of allylic oxidation sites excluding steroid dienone is 2. The molecule has 1 aromatic rings. The van der Waals surface area contributed by atoms with Crippen molar-refractivity contribution in [2.75, 3.05) is 25.6 Å². The summed E-state index contributed by atoms with van der Waals surface area (Å²) < 4.78 is 9.51. The molecule has 0 saturated carbocycles. The van der Waals surface area contributed by atoms with Crippen LogP contribution in [-0.2, 0) is 28.7 Å². The van der Waals surface area contributed by atoms with Crippen LogP contribution in [0.1, 0.15) is 29.6 Å². The van der Waals surface area contributed by atoms with E-state index in [1.54, 1.807) is 0 Å². The minimum Gasteiger partial charge on any atom is -0.465 e. The molecule has 1 N–H and O–H groups in total. The fraction of sp³-hybridized carbons (Fsp3) is 0.381. The van der Waals surface area contributed by atoms with Crippen molar-refractivity contribution < 1.29 is 33.4 Å². The minimum atomic E-state index is -0.681. The van der Waals surface area contributed by atoms with E-state index in [4.69, 9.17) is 4.74 Å². The Morgan fingerprint density at radius 1 is 1.03 bits per heavy atom. The number of nitrogens with zero attached hydrogens (tertiary/aromatic N) is 1. The molecule has 0 spiro atoms. The predicted octanol–water partition coefficient (Wildman–Crippen LogP) is 1.30. The maximum Gasteiger partial charge on any atom is 0.337 e. The molecule has 0 radical (unpaired) electrons. The van der Waals surface area contributed by atoms with Gasteiger partial charge in [-0.25, -0.2) is 4.79 Å². The summed E-state index contributed by atoms with van der Waals surface area (Å²) in [7, 11) is 1.27. The largest absolute Gasteiger partial charge is 0.465 e. The Balaban J connectivity index is 1.41. The van der Waals surface area contributed by atoms with E-state index in [0.29, 0.717) is 24.1 Å². The molecule has 1 aromatic carbocycles. The summed E-state index contributed by atoms with van der Waals surface area (Å²) in [5, 5.41) is 2.53. The molecule has 0 bridgehead atoms. The highest BCUT2D eigenvalue weighted by Crippen LogP contribution is 2.34. The first kappa shape index (κ1) is 21.2. The Bertz CT molecular complexity index is 865. The number of esters is 2. The number of hydrogen-bond acceptors (Lipinski definition) is 7. The average Bonchev–Trinajstić information content (AvgIpc) is 3.01. The Hall–Kier alpha value is -3.49. The fourth-order valence-corrected chi connectivity index (χ4v) is 3.52. The zero-order chi connectivity index (χ0) is 21.7. The van der Waals surface area contributed by atoms with E-state index in [9.17, 15) is 24.0 Å². The van der Waals surface area contributed by atoms with Crippen molar-refractivity contribution >= 4 is 35.3 Å². The molecule has 0 unspecified atom stereocenters. The van der Waals surface area contributed by atoms with Gasteiger partial charge in [0, 0.05) is 12.2 Å². The van der Waals surface area contributed by atoms with Crippen LogP contribution in [0.4, 0.5) is 5.69 Å². The highest BCUT2D eigenvalue weighted by molar-refractivity contribution is 6.05. The van der Waals surface area contributed by atoms with Crippen LogP contribution in [0.2, 0.25) is 0 Å². The second kappa shape index (κ2) is 9.34. The number of ether oxygens (including phenoxy) is 2. The van der Waals surface area contributed by atoms with Gasteiger partial charge >= 0.3 is 11.9 Å². The number of fused-ring (bicyclic) bond motifs is 1. The lowest BCUT2D eigenvalue weighted by Crippen LogP contribution is -2.33. The monoisotopic (exact) mass is 414 g/mol. The Morgan fingerprint density at radius 2 is 1.63 bits per heavy atom. The van der Waals surface area contributed by atoms with Crippen LogP contribution in [0.25, 0.3) is 0 Å². The molecule has 1 saturated heterocycles. The van der Waals surface area contributed by atoms with Gasteiger partial charge in [0.1, 0.15) is 0 Å². The van der Waals surface area contributed by atoms with Gasteiger partial charge in [-0.1, -0.05) is 12.2 Å². The summed E-state index contributed by atoms with van der Waals surface area (Å²) >= 11 is 0. The van der Waals surface area contributed by atoms with Crippen molar-refractivity contribution in [2.45, 2.75) is 19.3 Å². The Kier molecular flexibility index (Phi) is 6.61. The number of carbonyl (C=O) groups is 5. The number of benzene rings is 1. The van der Waals surface area contributed by atoms with Gasteiger partial charge < -0.3 is 14.8 Å². The van der Waals surface area contributed by atoms with Crippen LogP contribution in [0.15, 0.2) is 36.4 Å². The van der Waals surface area contributed by atoms with E-state index in [-0.39, 0.29) is 36.6 Å². The number of rotatable bonds is 7. The number of amides is 3. The van der Waals surface area contributed by atoms with Crippen LogP contribution in [0, 0.1) is 11.8 Å². The molecule has 1 fully saturated rings. The van der Waals surface area contributed by atoms with E-state index in [1.807, 2.05) is 12.2 Å². The van der Waals surface area contributed by atoms with Crippen molar-refractivity contribution in [1.82, 2.24) is 4.90 Å². The van der Waals surface area contributed by atoms with Crippen molar-refractivity contribution in [1.29, 1.82) is 0 Å². The summed E-state index contributed by atoms with van der Waals surface area (Å²) in [5.41, 5.74) is 0.761. The Labute approximate surface area is 173 Å². The van der Waals surface area contributed by atoms with Crippen molar-refractivity contribution in [3.8, 4) is 0 Å². The predicted molar refractivity (Wildman–Crippen MR) is 104 cm³/mol. The maximum absolute atomic E-state index is 12.3. The van der Waals surface area contributed by atoms with Gasteiger partial charge in [-0.3, -0.25) is 24.1 Å². The molecule has 3 rings (SSSR count). The zero-order valence-corrected chi connectivity index (χ0v) is 16.5. The molecule has 2 aliphatic rings. The molecule has 30 heavy (non-hydrogen) atoms. The van der Waals surface area contributed by atoms with Crippen molar-refractivity contribution in [3.05, 3.63) is 42.0 Å². The molecule has 158 valence electrons. The topological polar surface area (TPSA) is 119 Å². The molecular formula is C21H22N2O7. The molecule has 3 amide bonds. The van der Waals surface area contributed by atoms with Crippen LogP contribution >= 0.6 is 0 Å². The number of imide groups is 1. The number of likely N-dealkylation sites (tertiary alicyclic amines) is 1. The van der Waals surface area contributed by atoms with E-state index >= 15 is 0 Å². The number of anilines is 1. The number of methoxy groups -OCH3 is 1. The summed E-state index contributed by atoms with van der Waals surface area (Å²) in [4.78, 5) is 61.0. The standard InChI is InChI=1S/C21H22N2O7/c1-29-21(28)13-6-8-14(9-7-13)22-17(24)12-30-18(25)10-11-23-19(26)15-4-2-3-5-16(15)20(23)27/h2-3,6-9,15-16H,4-5,10-12H2,1H3,(H,22,24)/t15-,16-/m1/s1. The van der Waals surface area contributed by atoms with Gasteiger partial charge in [0.25, 0.3) is 5.91 Å². The lowest BCUT2D eigenvalue weighted by atomic mass is 9.85. The van der Waals surface area contributed by atoms with Crippen molar-refractivity contribution in [3.63, 3.8) is 0 Å². The molecule has 1 heterocycles. The first-order valence-corrected chi connectivity index (χ1v) is 9.54. The van der Waals surface area contributed by atoms with Gasteiger partial charge in [-0.15, -0.1) is 0 Å². The maximum atomic E-state index is 12.3. The second-order valence-corrected chi connectivity index (χ2v) is 7.01. The highest BCUT2D eigenvalue weighted by atomic mass is 16.5. The first-order valence-electron chi connectivity index (χ1n) is 9.54. The third-order valence-corrected chi connectivity index (χ3v) is 5.09. The lowest BCUT2D eigenvalue weighted by molar-refractivity contribution is -0.148. The van der Waals surface area contributed by atoms with E-state index in [2.05, 4.69) is 10.1 Å². The number of hydrogen-bond donors (Lipinski definition) is 1. The quantitative estimate of drug-likeness (QED) is 0.406. The number of nitrogens with one attached hydrogen (secondary N) is 1. The summed E-state index contributed by atoms with van der Waals surface area (Å²) in [6, 6.07) is 6.02. The van der Waals surface area contributed by atoms with Gasteiger partial charge in [-0.2, -0.15) is 0 Å². The van der Waals surface area contributed by atoms with Crippen molar-refractivity contribution in [2.24, 2.45) is 11.8 Å². The smallest absolute Gasteiger partial charge is 0.337 e. The van der Waals surface area contributed by atoms with Gasteiger partial charge in [-0.05, 0) is 37.1 Å². The molecule has 9 nitrogen and oxygen atoms in total. The molecule has 1 aliphatic carbocycles. The van der Waals surface area contributed by atoms with Crippen LogP contribution in [0.3, 0.4) is 0 Å². The van der Waals surface area contributed by atoms with Gasteiger partial charge in [0.2, 0.25) is 11.8 Å². The average molecular weight is 414 g/mol. The Morgan fingerprint density at radius 3 is 2.20 bits per heavy atom. The van der Waals surface area contributed by atoms with E-state index in [1.165, 1.54) is 31.4 Å². The van der Waals surface area contributed by atoms with E-state index < -0.39 is 24.5 Å². The van der Waals surface area contributed by atoms with E-state index in [0.717, 1.165) is 4.90 Å².